The van der Waals surface area contributed by atoms with Crippen LogP contribution in [0.4, 0.5) is 10.2 Å². The van der Waals surface area contributed by atoms with E-state index in [0.29, 0.717) is 18.8 Å². The van der Waals surface area contributed by atoms with Crippen molar-refractivity contribution in [2.24, 2.45) is 7.05 Å². The highest BCUT2D eigenvalue weighted by molar-refractivity contribution is 5.98. The van der Waals surface area contributed by atoms with Crippen LogP contribution >= 0.6 is 0 Å². The van der Waals surface area contributed by atoms with E-state index >= 15 is 0 Å². The van der Waals surface area contributed by atoms with Crippen LogP contribution in [0, 0.1) is 5.82 Å². The van der Waals surface area contributed by atoms with Gasteiger partial charge in [0.25, 0.3) is 5.91 Å². The van der Waals surface area contributed by atoms with Crippen molar-refractivity contribution in [3.8, 4) is 0 Å². The van der Waals surface area contributed by atoms with Crippen molar-refractivity contribution < 1.29 is 9.18 Å². The Bertz CT molecular complexity index is 611. The normalized spacial score (nSPS) is 10.3. The van der Waals surface area contributed by atoms with Gasteiger partial charge in [-0.3, -0.25) is 9.48 Å². The summed E-state index contributed by atoms with van der Waals surface area (Å²) in [5.41, 5.74) is 1.20. The number of hydrogen-bond acceptors (Lipinski definition) is 4. The lowest BCUT2D eigenvalue weighted by atomic mass is 10.2. The van der Waals surface area contributed by atoms with E-state index in [9.17, 15) is 9.18 Å². The van der Waals surface area contributed by atoms with Crippen LogP contribution in [0.5, 0.6) is 0 Å². The number of anilines is 1. The molecule has 0 fully saturated rings. The summed E-state index contributed by atoms with van der Waals surface area (Å²) < 4.78 is 14.9. The predicted molar refractivity (Wildman–Crippen MR) is 73.0 cm³/mol. The summed E-state index contributed by atoms with van der Waals surface area (Å²) >= 11 is 0. The van der Waals surface area contributed by atoms with Gasteiger partial charge in [-0.05, 0) is 12.1 Å². The number of pyridine rings is 1. The zero-order valence-electron chi connectivity index (χ0n) is 11.4. The maximum Gasteiger partial charge on any atom is 0.255 e. The summed E-state index contributed by atoms with van der Waals surface area (Å²) in [7, 11) is 3.47. The molecule has 0 atom stereocenters. The van der Waals surface area contributed by atoms with Crippen molar-refractivity contribution >= 4 is 11.7 Å². The molecule has 0 spiro atoms. The molecule has 2 N–H and O–H groups in total. The minimum Gasteiger partial charge on any atom is -0.372 e. The Labute approximate surface area is 116 Å². The smallest absolute Gasteiger partial charge is 0.255 e. The fourth-order valence-corrected chi connectivity index (χ4v) is 1.86. The SMILES string of the molecule is CNc1ncc(F)cc1C(=O)NCCc1ccnn1C. The van der Waals surface area contributed by atoms with Crippen molar-refractivity contribution in [3.63, 3.8) is 0 Å². The highest BCUT2D eigenvalue weighted by Gasteiger charge is 2.13. The number of amides is 1. The lowest BCUT2D eigenvalue weighted by Gasteiger charge is -2.09. The molecule has 106 valence electrons. The fraction of sp³-hybridized carbons (Fsp3) is 0.308. The molecule has 2 aromatic rings. The van der Waals surface area contributed by atoms with Gasteiger partial charge in [0.2, 0.25) is 0 Å². The van der Waals surface area contributed by atoms with Crippen LogP contribution in [0.1, 0.15) is 16.1 Å². The van der Waals surface area contributed by atoms with Crippen LogP contribution < -0.4 is 10.6 Å². The second-order valence-corrected chi connectivity index (χ2v) is 4.25. The van der Waals surface area contributed by atoms with Crippen molar-refractivity contribution in [3.05, 3.63) is 41.6 Å². The third-order valence-corrected chi connectivity index (χ3v) is 2.92. The largest absolute Gasteiger partial charge is 0.372 e. The molecule has 7 heteroatoms. The summed E-state index contributed by atoms with van der Waals surface area (Å²) in [5, 5.41) is 9.55. The van der Waals surface area contributed by atoms with Gasteiger partial charge < -0.3 is 10.6 Å². The van der Waals surface area contributed by atoms with E-state index in [0.717, 1.165) is 18.0 Å². The maximum atomic E-state index is 13.2. The van der Waals surface area contributed by atoms with Crippen molar-refractivity contribution in [2.75, 3.05) is 18.9 Å². The number of nitrogens with one attached hydrogen (secondary N) is 2. The quantitative estimate of drug-likeness (QED) is 0.854. The standard InChI is InChI=1S/C13H16FN5O/c1-15-12-11(7-9(14)8-17-12)13(20)16-5-3-10-4-6-18-19(10)2/h4,6-8H,3,5H2,1-2H3,(H,15,17)(H,16,20). The molecule has 0 aliphatic carbocycles. The highest BCUT2D eigenvalue weighted by Crippen LogP contribution is 2.12. The van der Waals surface area contributed by atoms with E-state index in [1.165, 1.54) is 0 Å². The Balaban J connectivity index is 1.98. The molecular formula is C13H16FN5O. The van der Waals surface area contributed by atoms with E-state index < -0.39 is 5.82 Å². The van der Waals surface area contributed by atoms with Gasteiger partial charge in [0.1, 0.15) is 11.6 Å². The number of halogens is 1. The molecule has 0 aliphatic heterocycles. The predicted octanol–water partition coefficient (Wildman–Crippen LogP) is 0.968. The van der Waals surface area contributed by atoms with E-state index in [2.05, 4.69) is 20.7 Å². The Morgan fingerprint density at radius 3 is 2.95 bits per heavy atom. The number of rotatable bonds is 5. The van der Waals surface area contributed by atoms with Gasteiger partial charge in [-0.15, -0.1) is 0 Å². The van der Waals surface area contributed by atoms with Gasteiger partial charge in [0, 0.05) is 39.0 Å². The van der Waals surface area contributed by atoms with E-state index in [1.54, 1.807) is 17.9 Å². The third-order valence-electron chi connectivity index (χ3n) is 2.92. The maximum absolute atomic E-state index is 13.2. The molecule has 1 amide bonds. The first-order valence-electron chi connectivity index (χ1n) is 6.20. The molecule has 0 radical (unpaired) electrons. The van der Waals surface area contributed by atoms with Gasteiger partial charge in [0.15, 0.2) is 0 Å². The lowest BCUT2D eigenvalue weighted by Crippen LogP contribution is -2.27. The van der Waals surface area contributed by atoms with Crippen LogP contribution in [-0.4, -0.2) is 34.3 Å². The van der Waals surface area contributed by atoms with Crippen LogP contribution in [0.25, 0.3) is 0 Å². The molecule has 0 unspecified atom stereocenters. The van der Waals surface area contributed by atoms with Gasteiger partial charge in [0.05, 0.1) is 11.8 Å². The van der Waals surface area contributed by atoms with E-state index in [-0.39, 0.29) is 11.5 Å². The number of carbonyl (C=O) groups excluding carboxylic acids is 1. The summed E-state index contributed by atoms with van der Waals surface area (Å²) in [6.07, 6.45) is 3.42. The molecule has 20 heavy (non-hydrogen) atoms. The van der Waals surface area contributed by atoms with Crippen LogP contribution in [0.2, 0.25) is 0 Å². The van der Waals surface area contributed by atoms with Crippen LogP contribution in [0.3, 0.4) is 0 Å². The fourth-order valence-electron chi connectivity index (χ4n) is 1.86. The zero-order chi connectivity index (χ0) is 14.5. The molecular weight excluding hydrogens is 261 g/mol. The Hall–Kier alpha value is -2.44. The molecule has 0 saturated carbocycles. The van der Waals surface area contributed by atoms with E-state index in [1.807, 2.05) is 13.1 Å². The molecule has 0 aliphatic rings. The topological polar surface area (TPSA) is 71.8 Å². The number of hydrogen-bond donors (Lipinski definition) is 2. The first kappa shape index (κ1) is 14.0. The molecule has 2 aromatic heterocycles. The van der Waals surface area contributed by atoms with Crippen molar-refractivity contribution in [1.29, 1.82) is 0 Å². The first-order chi connectivity index (χ1) is 9.61. The average Bonchev–Trinajstić information content (AvgIpc) is 2.84. The highest BCUT2D eigenvalue weighted by atomic mass is 19.1. The van der Waals surface area contributed by atoms with Crippen molar-refractivity contribution in [2.45, 2.75) is 6.42 Å². The minimum atomic E-state index is -0.541. The number of aromatic nitrogens is 3. The summed E-state index contributed by atoms with van der Waals surface area (Å²) in [4.78, 5) is 15.8. The van der Waals surface area contributed by atoms with Gasteiger partial charge in [-0.25, -0.2) is 9.37 Å². The monoisotopic (exact) mass is 277 g/mol. The van der Waals surface area contributed by atoms with Crippen LogP contribution in [-0.2, 0) is 13.5 Å². The van der Waals surface area contributed by atoms with Gasteiger partial charge in [-0.1, -0.05) is 0 Å². The minimum absolute atomic E-state index is 0.192. The zero-order valence-corrected chi connectivity index (χ0v) is 11.4. The van der Waals surface area contributed by atoms with Gasteiger partial charge >= 0.3 is 0 Å². The molecule has 0 bridgehead atoms. The molecule has 0 saturated heterocycles. The summed E-state index contributed by atoms with van der Waals surface area (Å²) in [6, 6.07) is 3.05. The second kappa shape index (κ2) is 6.14. The van der Waals surface area contributed by atoms with Crippen LogP contribution in [0.15, 0.2) is 24.5 Å². The summed E-state index contributed by atoms with van der Waals surface area (Å²) in [6.45, 7) is 0.442. The summed E-state index contributed by atoms with van der Waals surface area (Å²) in [5.74, 6) is -0.547. The third kappa shape index (κ3) is 3.11. The Kier molecular flexibility index (Phi) is 4.29. The Morgan fingerprint density at radius 1 is 1.50 bits per heavy atom. The number of aryl methyl sites for hydroxylation is 1. The molecule has 2 rings (SSSR count). The number of nitrogens with zero attached hydrogens (tertiary/aromatic N) is 3. The van der Waals surface area contributed by atoms with Crippen molar-refractivity contribution in [1.82, 2.24) is 20.1 Å². The number of carbonyl (C=O) groups is 1. The first-order valence-corrected chi connectivity index (χ1v) is 6.20. The average molecular weight is 277 g/mol. The lowest BCUT2D eigenvalue weighted by molar-refractivity contribution is 0.0954. The second-order valence-electron chi connectivity index (χ2n) is 4.25. The van der Waals surface area contributed by atoms with Gasteiger partial charge in [-0.2, -0.15) is 5.10 Å². The van der Waals surface area contributed by atoms with E-state index in [4.69, 9.17) is 0 Å². The molecule has 6 nitrogen and oxygen atoms in total. The molecule has 0 aromatic carbocycles. The Morgan fingerprint density at radius 2 is 2.30 bits per heavy atom. The molecule has 2 heterocycles.